The van der Waals surface area contributed by atoms with E-state index in [9.17, 15) is 9.59 Å². The number of ether oxygens (including phenoxy) is 2. The van der Waals surface area contributed by atoms with Crippen LogP contribution in [0.4, 0.5) is 0 Å². The molecular formula is C25H26O4. The maximum absolute atomic E-state index is 14.0. The van der Waals surface area contributed by atoms with Gasteiger partial charge in [0.05, 0.1) is 17.4 Å². The van der Waals surface area contributed by atoms with Gasteiger partial charge in [-0.15, -0.1) is 0 Å². The lowest BCUT2D eigenvalue weighted by molar-refractivity contribution is -0.228. The average Bonchev–Trinajstić information content (AvgIpc) is 3.34. The Kier molecular flexibility index (Phi) is 3.94. The van der Waals surface area contributed by atoms with Crippen molar-refractivity contribution in [3.05, 3.63) is 71.8 Å². The Morgan fingerprint density at radius 1 is 0.931 bits per heavy atom. The smallest absolute Gasteiger partial charge is 0.173 e. The summed E-state index contributed by atoms with van der Waals surface area (Å²) in [4.78, 5) is 27.9. The first-order valence-electron chi connectivity index (χ1n) is 10.4. The molecule has 3 saturated carbocycles. The zero-order valence-electron chi connectivity index (χ0n) is 17.1. The molecule has 0 aromatic heterocycles. The van der Waals surface area contributed by atoms with Gasteiger partial charge in [0.15, 0.2) is 11.4 Å². The van der Waals surface area contributed by atoms with Crippen LogP contribution in [0.3, 0.4) is 0 Å². The number of carbonyl (C=O) groups is 2. The van der Waals surface area contributed by atoms with E-state index in [1.165, 1.54) is 0 Å². The van der Waals surface area contributed by atoms with Crippen molar-refractivity contribution in [1.82, 2.24) is 0 Å². The Balaban J connectivity index is 1.73. The highest BCUT2D eigenvalue weighted by atomic mass is 16.6. The van der Waals surface area contributed by atoms with Gasteiger partial charge in [0.2, 0.25) is 0 Å². The van der Waals surface area contributed by atoms with Gasteiger partial charge >= 0.3 is 0 Å². The lowest BCUT2D eigenvalue weighted by atomic mass is 9.56. The molecule has 4 nitrogen and oxygen atoms in total. The molecule has 0 amide bonds. The van der Waals surface area contributed by atoms with Gasteiger partial charge in [-0.05, 0) is 24.5 Å². The maximum atomic E-state index is 14.0. The van der Waals surface area contributed by atoms with Crippen LogP contribution in [0, 0.1) is 17.3 Å². The molecule has 3 fully saturated rings. The third kappa shape index (κ3) is 1.92. The number of fused-ring (bicyclic) bond motifs is 2. The summed E-state index contributed by atoms with van der Waals surface area (Å²) in [5.41, 5.74) is -0.551. The van der Waals surface area contributed by atoms with E-state index in [0.717, 1.165) is 11.1 Å². The fourth-order valence-electron chi connectivity index (χ4n) is 6.53. The number of hydrogen-bond donors (Lipinski definition) is 0. The molecule has 4 heteroatoms. The zero-order valence-corrected chi connectivity index (χ0v) is 17.1. The van der Waals surface area contributed by atoms with Crippen molar-refractivity contribution < 1.29 is 19.1 Å². The van der Waals surface area contributed by atoms with Crippen LogP contribution in [-0.2, 0) is 24.5 Å². The van der Waals surface area contributed by atoms with Gasteiger partial charge in [-0.1, -0.05) is 67.6 Å². The van der Waals surface area contributed by atoms with E-state index < -0.39 is 28.3 Å². The first kappa shape index (κ1) is 18.7. The van der Waals surface area contributed by atoms with E-state index in [-0.39, 0.29) is 17.7 Å². The molecule has 5 atom stereocenters. The number of ketones is 2. The predicted molar refractivity (Wildman–Crippen MR) is 109 cm³/mol. The van der Waals surface area contributed by atoms with Gasteiger partial charge in [-0.25, -0.2) is 0 Å². The lowest BCUT2D eigenvalue weighted by Crippen LogP contribution is -2.72. The SMILES string of the molecule is CCO[C@H]1C[C@H]2C(=O)[C@@]3(C)[C@@H](C(=O)[C@@]12OC)C3(c1ccccc1)c1ccccc1. The van der Waals surface area contributed by atoms with Crippen LogP contribution in [0.2, 0.25) is 0 Å². The van der Waals surface area contributed by atoms with E-state index in [0.29, 0.717) is 13.0 Å². The zero-order chi connectivity index (χ0) is 20.4. The van der Waals surface area contributed by atoms with Gasteiger partial charge in [0, 0.05) is 25.0 Å². The maximum Gasteiger partial charge on any atom is 0.173 e. The summed E-state index contributed by atoms with van der Waals surface area (Å²) in [6.45, 7) is 4.38. The van der Waals surface area contributed by atoms with Crippen LogP contribution < -0.4 is 0 Å². The van der Waals surface area contributed by atoms with Crippen LogP contribution in [-0.4, -0.2) is 37.0 Å². The molecule has 5 rings (SSSR count). The topological polar surface area (TPSA) is 52.6 Å². The third-order valence-corrected chi connectivity index (χ3v) is 7.83. The van der Waals surface area contributed by atoms with Gasteiger partial charge in [0.1, 0.15) is 5.78 Å². The summed E-state index contributed by atoms with van der Waals surface area (Å²) in [6, 6.07) is 20.0. The van der Waals surface area contributed by atoms with Gasteiger partial charge in [-0.3, -0.25) is 9.59 Å². The Labute approximate surface area is 171 Å². The van der Waals surface area contributed by atoms with Crippen molar-refractivity contribution in [2.75, 3.05) is 13.7 Å². The second-order valence-electron chi connectivity index (χ2n) is 8.63. The van der Waals surface area contributed by atoms with Crippen LogP contribution in [0.1, 0.15) is 31.4 Å². The van der Waals surface area contributed by atoms with Crippen molar-refractivity contribution in [2.45, 2.75) is 37.4 Å². The highest BCUT2D eigenvalue weighted by Gasteiger charge is 2.89. The number of rotatable bonds is 5. The number of benzene rings is 2. The normalized spacial score (nSPS) is 36.7. The van der Waals surface area contributed by atoms with E-state index in [1.807, 2.05) is 74.5 Å². The van der Waals surface area contributed by atoms with Crippen molar-refractivity contribution in [1.29, 1.82) is 0 Å². The monoisotopic (exact) mass is 390 g/mol. The van der Waals surface area contributed by atoms with Gasteiger partial charge in [0.25, 0.3) is 0 Å². The third-order valence-electron chi connectivity index (χ3n) is 7.83. The first-order chi connectivity index (χ1) is 14.0. The molecular weight excluding hydrogens is 364 g/mol. The van der Waals surface area contributed by atoms with Crippen LogP contribution in [0.5, 0.6) is 0 Å². The van der Waals surface area contributed by atoms with Crippen molar-refractivity contribution in [2.24, 2.45) is 17.3 Å². The summed E-state index contributed by atoms with van der Waals surface area (Å²) in [7, 11) is 1.54. The summed E-state index contributed by atoms with van der Waals surface area (Å²) < 4.78 is 11.7. The number of Topliss-reactive ketones (excluding diaryl/α,β-unsaturated/α-hetero) is 2. The summed E-state index contributed by atoms with van der Waals surface area (Å²) in [5.74, 6) is -0.740. The molecule has 0 spiro atoms. The van der Waals surface area contributed by atoms with E-state index in [4.69, 9.17) is 9.47 Å². The second kappa shape index (κ2) is 6.10. The fourth-order valence-corrected chi connectivity index (χ4v) is 6.53. The van der Waals surface area contributed by atoms with Gasteiger partial charge < -0.3 is 9.47 Å². The second-order valence-corrected chi connectivity index (χ2v) is 8.63. The molecule has 2 aromatic carbocycles. The molecule has 29 heavy (non-hydrogen) atoms. The fraction of sp³-hybridized carbons (Fsp3) is 0.440. The Bertz CT molecular complexity index is 929. The molecule has 0 N–H and O–H groups in total. The molecule has 2 aromatic rings. The lowest BCUT2D eigenvalue weighted by Gasteiger charge is -2.54. The Hall–Kier alpha value is -2.30. The largest absolute Gasteiger partial charge is 0.375 e. The minimum Gasteiger partial charge on any atom is -0.375 e. The minimum absolute atomic E-state index is 0.0181. The predicted octanol–water partition coefficient (Wildman–Crippen LogP) is 3.57. The quantitative estimate of drug-likeness (QED) is 0.783. The summed E-state index contributed by atoms with van der Waals surface area (Å²) in [5, 5.41) is 0. The number of methoxy groups -OCH3 is 1. The van der Waals surface area contributed by atoms with Gasteiger partial charge in [-0.2, -0.15) is 0 Å². The molecule has 0 unspecified atom stereocenters. The highest BCUT2D eigenvalue weighted by Crippen LogP contribution is 2.78. The van der Waals surface area contributed by atoms with E-state index >= 15 is 0 Å². The standard InChI is InChI=1S/C25H26O4/c1-4-29-19-15-18-21(26)23(2)20(22(27)25(18,19)28-3)24(23,16-11-7-5-8-12-16)17-13-9-6-10-14-17/h5-14,18-20H,4,15H2,1-3H3/t18-,19-,20+,23+,25-/m0/s1. The van der Waals surface area contributed by atoms with Crippen molar-refractivity contribution in [3.63, 3.8) is 0 Å². The van der Waals surface area contributed by atoms with Crippen LogP contribution in [0.25, 0.3) is 0 Å². The highest BCUT2D eigenvalue weighted by molar-refractivity contribution is 6.15. The summed E-state index contributed by atoms with van der Waals surface area (Å²) in [6.07, 6.45) is 0.196. The first-order valence-corrected chi connectivity index (χ1v) is 10.4. The molecule has 3 aliphatic carbocycles. The Morgan fingerprint density at radius 3 is 1.97 bits per heavy atom. The molecule has 150 valence electrons. The average molecular weight is 390 g/mol. The molecule has 0 heterocycles. The minimum atomic E-state index is -1.15. The van der Waals surface area contributed by atoms with Crippen molar-refractivity contribution >= 4 is 11.6 Å². The van der Waals surface area contributed by atoms with E-state index in [1.54, 1.807) is 7.11 Å². The van der Waals surface area contributed by atoms with Crippen LogP contribution in [0.15, 0.2) is 60.7 Å². The Morgan fingerprint density at radius 2 is 1.48 bits per heavy atom. The molecule has 0 bridgehead atoms. The van der Waals surface area contributed by atoms with E-state index in [2.05, 4.69) is 0 Å². The molecule has 0 radical (unpaired) electrons. The number of carbonyl (C=O) groups excluding carboxylic acids is 2. The van der Waals surface area contributed by atoms with Crippen LogP contribution >= 0.6 is 0 Å². The summed E-state index contributed by atoms with van der Waals surface area (Å²) >= 11 is 0. The number of hydrogen-bond acceptors (Lipinski definition) is 4. The van der Waals surface area contributed by atoms with Crippen molar-refractivity contribution in [3.8, 4) is 0 Å². The molecule has 3 aliphatic rings. The molecule has 0 aliphatic heterocycles. The molecule has 0 saturated heterocycles.